The fourth-order valence-electron chi connectivity index (χ4n) is 7.39. The first-order chi connectivity index (χ1) is 18.5. The normalized spacial score (nSPS) is 32.0. The van der Waals surface area contributed by atoms with Crippen LogP contribution in [0.2, 0.25) is 0 Å². The van der Waals surface area contributed by atoms with Crippen LogP contribution in [0, 0.1) is 22.5 Å². The molecule has 39 heavy (non-hydrogen) atoms. The van der Waals surface area contributed by atoms with Crippen LogP contribution < -0.4 is 0 Å². The summed E-state index contributed by atoms with van der Waals surface area (Å²) >= 11 is 0. The number of rotatable bonds is 5. The van der Waals surface area contributed by atoms with Crippen molar-refractivity contribution in [3.05, 3.63) is 65.0 Å². The minimum atomic E-state index is -2.86. The first-order valence-electron chi connectivity index (χ1n) is 13.6. The zero-order chi connectivity index (χ0) is 27.9. The number of alkyl halides is 2. The molecular formula is C29H32F4N4O2. The fraction of sp³-hybridized carbons (Fsp3) is 0.552. The van der Waals surface area contributed by atoms with Gasteiger partial charge in [-0.25, -0.2) is 22.6 Å². The van der Waals surface area contributed by atoms with E-state index in [2.05, 4.69) is 4.98 Å². The van der Waals surface area contributed by atoms with Crippen LogP contribution in [0.1, 0.15) is 81.1 Å². The highest BCUT2D eigenvalue weighted by atomic mass is 19.3. The third kappa shape index (κ3) is 3.89. The van der Waals surface area contributed by atoms with E-state index in [1.807, 2.05) is 24.9 Å². The second kappa shape index (κ2) is 9.01. The van der Waals surface area contributed by atoms with Crippen molar-refractivity contribution in [1.29, 1.82) is 0 Å². The predicted molar refractivity (Wildman–Crippen MR) is 134 cm³/mol. The lowest BCUT2D eigenvalue weighted by molar-refractivity contribution is -0.146. The molecule has 10 heteroatoms. The number of hydrazine groups is 1. The molecule has 6 nitrogen and oxygen atoms in total. The topological polar surface area (TPSA) is 56.8 Å². The Kier molecular flexibility index (Phi) is 6.06. The van der Waals surface area contributed by atoms with Crippen molar-refractivity contribution in [1.82, 2.24) is 19.9 Å². The number of pyridine rings is 1. The molecule has 4 fully saturated rings. The SMILES string of the molecule is CCC1(C(F)F)C[C@@H]2C(c3cc(F)cc([C@H]4CCN5CC(C)(C)C(=O)N45)c3)CC(c3cncc(F)c3)N2C1=O. The number of fused-ring (bicyclic) bond motifs is 2. The van der Waals surface area contributed by atoms with Crippen LogP contribution in [0.15, 0.2) is 36.7 Å². The monoisotopic (exact) mass is 544 g/mol. The van der Waals surface area contributed by atoms with E-state index < -0.39 is 52.8 Å². The van der Waals surface area contributed by atoms with Gasteiger partial charge in [-0.15, -0.1) is 0 Å². The number of carbonyl (C=O) groups is 2. The lowest BCUT2D eigenvalue weighted by atomic mass is 9.77. The van der Waals surface area contributed by atoms with Gasteiger partial charge >= 0.3 is 0 Å². The summed E-state index contributed by atoms with van der Waals surface area (Å²) < 4.78 is 58.1. The zero-order valence-corrected chi connectivity index (χ0v) is 22.2. The first kappa shape index (κ1) is 26.2. The number of halogens is 4. The van der Waals surface area contributed by atoms with Crippen LogP contribution >= 0.6 is 0 Å². The van der Waals surface area contributed by atoms with Gasteiger partial charge in [0.25, 0.3) is 6.43 Å². The molecule has 0 N–H and O–H groups in total. The highest BCUT2D eigenvalue weighted by molar-refractivity contribution is 5.87. The molecular weight excluding hydrogens is 512 g/mol. The van der Waals surface area contributed by atoms with E-state index >= 15 is 4.39 Å². The minimum Gasteiger partial charge on any atom is -0.331 e. The highest BCUT2D eigenvalue weighted by Crippen LogP contribution is 2.57. The number of hydrogen-bond donors (Lipinski definition) is 0. The van der Waals surface area contributed by atoms with Crippen molar-refractivity contribution in [2.24, 2.45) is 10.8 Å². The molecule has 6 rings (SSSR count). The first-order valence-corrected chi connectivity index (χ1v) is 13.6. The van der Waals surface area contributed by atoms with E-state index in [0.29, 0.717) is 42.6 Å². The van der Waals surface area contributed by atoms with Gasteiger partial charge in [-0.2, -0.15) is 0 Å². The van der Waals surface area contributed by atoms with Gasteiger partial charge < -0.3 is 4.90 Å². The van der Waals surface area contributed by atoms with Crippen molar-refractivity contribution in [2.75, 3.05) is 13.1 Å². The van der Waals surface area contributed by atoms with Gasteiger partial charge in [0.15, 0.2) is 0 Å². The standard InChI is InChI=1S/C29H32F4N4O2/c1-4-29(25(32)33)12-24-21(11-23(36(24)27(29)39)18-10-20(31)14-34-13-18)16-7-17(9-19(30)8-16)22-5-6-35-15-28(2,3)26(38)37(22)35/h7-10,13-14,21-25H,4-6,11-12,15H2,1-3H3/t21?,22-,23?,24-,29?/m1/s1. The number of carbonyl (C=O) groups excluding carboxylic acids is 2. The van der Waals surface area contributed by atoms with Crippen LogP contribution in [0.3, 0.4) is 0 Å². The summed E-state index contributed by atoms with van der Waals surface area (Å²) in [6.07, 6.45) is 0.552. The molecule has 3 unspecified atom stereocenters. The predicted octanol–water partition coefficient (Wildman–Crippen LogP) is 5.38. The van der Waals surface area contributed by atoms with Crippen molar-refractivity contribution in [3.63, 3.8) is 0 Å². The molecule has 2 aromatic rings. The molecule has 0 spiro atoms. The Hall–Kier alpha value is -3.01. The van der Waals surface area contributed by atoms with Crippen molar-refractivity contribution in [3.8, 4) is 0 Å². The number of amides is 2. The minimum absolute atomic E-state index is 0.00688. The second-order valence-electron chi connectivity index (χ2n) is 12.1. The zero-order valence-electron chi connectivity index (χ0n) is 22.2. The van der Waals surface area contributed by atoms with E-state index in [4.69, 9.17) is 0 Å². The van der Waals surface area contributed by atoms with Crippen LogP contribution in [-0.2, 0) is 9.59 Å². The molecule has 1 aromatic heterocycles. The molecule has 0 saturated carbocycles. The van der Waals surface area contributed by atoms with E-state index in [1.54, 1.807) is 11.9 Å². The summed E-state index contributed by atoms with van der Waals surface area (Å²) in [6.45, 7) is 6.66. The number of nitrogens with zero attached hydrogens (tertiary/aromatic N) is 4. The summed E-state index contributed by atoms with van der Waals surface area (Å²) in [5.41, 5.74) is -0.676. The van der Waals surface area contributed by atoms with Crippen molar-refractivity contribution in [2.45, 2.75) is 76.9 Å². The molecule has 4 aliphatic heterocycles. The number of aromatic nitrogens is 1. The smallest absolute Gasteiger partial charge is 0.253 e. The van der Waals surface area contributed by atoms with Crippen LogP contribution in [0.4, 0.5) is 17.6 Å². The van der Waals surface area contributed by atoms with Gasteiger partial charge in [-0.05, 0) is 74.4 Å². The van der Waals surface area contributed by atoms with Gasteiger partial charge in [-0.1, -0.05) is 13.0 Å². The molecule has 1 aromatic carbocycles. The van der Waals surface area contributed by atoms with Gasteiger partial charge in [0.05, 0.1) is 23.7 Å². The molecule has 0 bridgehead atoms. The van der Waals surface area contributed by atoms with E-state index in [9.17, 15) is 22.8 Å². The second-order valence-corrected chi connectivity index (χ2v) is 12.1. The number of hydrogen-bond acceptors (Lipinski definition) is 4. The Morgan fingerprint density at radius 3 is 2.38 bits per heavy atom. The third-order valence-corrected chi connectivity index (χ3v) is 9.41. The third-order valence-electron chi connectivity index (χ3n) is 9.41. The quantitative estimate of drug-likeness (QED) is 0.475. The maximum atomic E-state index is 15.2. The maximum absolute atomic E-state index is 15.2. The van der Waals surface area contributed by atoms with Gasteiger partial charge in [0, 0.05) is 31.2 Å². The van der Waals surface area contributed by atoms with Crippen molar-refractivity contribution < 1.29 is 27.2 Å². The molecule has 0 aliphatic carbocycles. The fourth-order valence-corrected chi connectivity index (χ4v) is 7.39. The van der Waals surface area contributed by atoms with Gasteiger partial charge in [0.2, 0.25) is 11.8 Å². The van der Waals surface area contributed by atoms with Gasteiger partial charge in [-0.3, -0.25) is 19.6 Å². The summed E-state index contributed by atoms with van der Waals surface area (Å²) in [5.74, 6) is -2.14. The lowest BCUT2D eigenvalue weighted by Crippen LogP contribution is -2.40. The van der Waals surface area contributed by atoms with Crippen LogP contribution in [0.5, 0.6) is 0 Å². The molecule has 0 radical (unpaired) electrons. The molecule has 208 valence electrons. The summed E-state index contributed by atoms with van der Waals surface area (Å²) in [7, 11) is 0. The molecule has 5 atom stereocenters. The summed E-state index contributed by atoms with van der Waals surface area (Å²) in [5, 5.41) is 3.74. The van der Waals surface area contributed by atoms with Crippen LogP contribution in [0.25, 0.3) is 0 Å². The Morgan fingerprint density at radius 1 is 0.974 bits per heavy atom. The van der Waals surface area contributed by atoms with Gasteiger partial charge in [0.1, 0.15) is 17.0 Å². The van der Waals surface area contributed by atoms with Crippen molar-refractivity contribution >= 4 is 11.8 Å². The average molecular weight is 545 g/mol. The Bertz CT molecular complexity index is 1340. The van der Waals surface area contributed by atoms with E-state index in [-0.39, 0.29) is 24.8 Å². The molecule has 2 amide bonds. The van der Waals surface area contributed by atoms with E-state index in [0.717, 1.165) is 6.20 Å². The highest BCUT2D eigenvalue weighted by Gasteiger charge is 2.62. The van der Waals surface area contributed by atoms with E-state index in [1.165, 1.54) is 29.3 Å². The summed E-state index contributed by atoms with van der Waals surface area (Å²) in [4.78, 5) is 32.1. The Morgan fingerprint density at radius 2 is 1.69 bits per heavy atom. The molecule has 5 heterocycles. The average Bonchev–Trinajstić information content (AvgIpc) is 3.59. The lowest BCUT2D eigenvalue weighted by Gasteiger charge is -2.29. The van der Waals surface area contributed by atoms with Crippen LogP contribution in [-0.4, -0.2) is 57.3 Å². The molecule has 4 aliphatic rings. The number of benzene rings is 1. The summed E-state index contributed by atoms with van der Waals surface area (Å²) in [6, 6.07) is 4.41. The molecule has 4 saturated heterocycles. The Balaban J connectivity index is 1.40. The largest absolute Gasteiger partial charge is 0.331 e. The maximum Gasteiger partial charge on any atom is 0.253 e. The Labute approximate surface area is 224 Å².